The molecule has 1 aromatic rings. The van der Waals surface area contributed by atoms with Gasteiger partial charge in [0.1, 0.15) is 0 Å². The maximum Gasteiger partial charge on any atom is 0.269 e. The van der Waals surface area contributed by atoms with E-state index in [1.807, 2.05) is 35.7 Å². The molecule has 0 aromatic heterocycles. The first-order valence-electron chi connectivity index (χ1n) is 6.75. The highest BCUT2D eigenvalue weighted by atomic mass is 32.2. The number of benzene rings is 1. The predicted octanol–water partition coefficient (Wildman–Crippen LogP) is 3.70. The van der Waals surface area contributed by atoms with Crippen LogP contribution in [-0.4, -0.2) is 41.0 Å². The molecule has 0 saturated carbocycles. The molecule has 0 unspecified atom stereocenters. The molecule has 0 saturated heterocycles. The number of nitro benzene ring substituents is 1. The zero-order valence-electron chi connectivity index (χ0n) is 11.6. The van der Waals surface area contributed by atoms with E-state index in [9.17, 15) is 10.1 Å². The van der Waals surface area contributed by atoms with Crippen LogP contribution in [0.5, 0.6) is 0 Å². The first-order chi connectivity index (χ1) is 10.3. The summed E-state index contributed by atoms with van der Waals surface area (Å²) in [6.07, 6.45) is 0. The molecular formula is C14H18N2O2S3. The highest BCUT2D eigenvalue weighted by Crippen LogP contribution is 2.31. The van der Waals surface area contributed by atoms with E-state index in [4.69, 9.17) is 0 Å². The summed E-state index contributed by atoms with van der Waals surface area (Å²) in [6.45, 7) is 2.09. The summed E-state index contributed by atoms with van der Waals surface area (Å²) in [7, 11) is 0. The fraction of sp³-hybridized carbons (Fsp3) is 0.429. The second kappa shape index (κ2) is 9.40. The lowest BCUT2D eigenvalue weighted by Gasteiger charge is -2.10. The second-order valence-corrected chi connectivity index (χ2v) is 7.71. The van der Waals surface area contributed by atoms with E-state index in [0.29, 0.717) is 0 Å². The van der Waals surface area contributed by atoms with Crippen LogP contribution in [0.4, 0.5) is 5.69 Å². The van der Waals surface area contributed by atoms with Gasteiger partial charge in [0.2, 0.25) is 0 Å². The molecule has 1 aliphatic rings. The van der Waals surface area contributed by atoms with Crippen molar-refractivity contribution >= 4 is 45.9 Å². The molecule has 4 nitrogen and oxygen atoms in total. The zero-order valence-corrected chi connectivity index (χ0v) is 14.1. The highest BCUT2D eigenvalue weighted by Gasteiger charge is 2.08. The fourth-order valence-corrected chi connectivity index (χ4v) is 4.74. The van der Waals surface area contributed by atoms with Crippen molar-refractivity contribution in [1.82, 2.24) is 5.32 Å². The van der Waals surface area contributed by atoms with E-state index in [2.05, 4.69) is 10.7 Å². The van der Waals surface area contributed by atoms with Crippen LogP contribution in [-0.2, 0) is 0 Å². The standard InChI is InChI=1S/C14H18N2O2S3/c17-16(18)13-3-1-12(2-4-13)14-11-20-8-6-15-5-7-19-9-10-21-14/h1-4,11,15H,5-10H2/b14-11-. The van der Waals surface area contributed by atoms with E-state index in [1.165, 1.54) is 4.91 Å². The van der Waals surface area contributed by atoms with Crippen molar-refractivity contribution in [2.45, 2.75) is 0 Å². The Morgan fingerprint density at radius 3 is 2.57 bits per heavy atom. The number of hydrogen-bond donors (Lipinski definition) is 1. The van der Waals surface area contributed by atoms with Gasteiger partial charge in [0.05, 0.1) is 4.92 Å². The third-order valence-electron chi connectivity index (χ3n) is 2.86. The predicted molar refractivity (Wildman–Crippen MR) is 96.2 cm³/mol. The van der Waals surface area contributed by atoms with Crippen LogP contribution in [0.15, 0.2) is 29.7 Å². The van der Waals surface area contributed by atoms with Crippen LogP contribution >= 0.6 is 35.3 Å². The number of nitro groups is 1. The van der Waals surface area contributed by atoms with Gasteiger partial charge in [-0.1, -0.05) is 0 Å². The van der Waals surface area contributed by atoms with Gasteiger partial charge < -0.3 is 5.32 Å². The topological polar surface area (TPSA) is 55.2 Å². The number of nitrogens with zero attached hydrogens (tertiary/aromatic N) is 1. The summed E-state index contributed by atoms with van der Waals surface area (Å²) in [5.41, 5.74) is 1.21. The van der Waals surface area contributed by atoms with Crippen LogP contribution in [0.25, 0.3) is 4.91 Å². The lowest BCUT2D eigenvalue weighted by Crippen LogP contribution is -2.20. The molecule has 7 heteroatoms. The van der Waals surface area contributed by atoms with Gasteiger partial charge in [-0.2, -0.15) is 11.8 Å². The second-order valence-electron chi connectivity index (χ2n) is 4.37. The summed E-state index contributed by atoms with van der Waals surface area (Å²) in [4.78, 5) is 11.6. The molecule has 1 aliphatic heterocycles. The van der Waals surface area contributed by atoms with Crippen LogP contribution in [0.1, 0.15) is 5.56 Å². The maximum absolute atomic E-state index is 10.7. The molecule has 0 atom stereocenters. The summed E-state index contributed by atoms with van der Waals surface area (Å²) in [6, 6.07) is 6.84. The lowest BCUT2D eigenvalue weighted by atomic mass is 10.2. The molecule has 0 amide bonds. The van der Waals surface area contributed by atoms with Crippen molar-refractivity contribution in [2.75, 3.05) is 36.1 Å². The minimum atomic E-state index is -0.358. The van der Waals surface area contributed by atoms with Crippen molar-refractivity contribution in [1.29, 1.82) is 0 Å². The van der Waals surface area contributed by atoms with E-state index in [-0.39, 0.29) is 10.6 Å². The molecule has 21 heavy (non-hydrogen) atoms. The summed E-state index contributed by atoms with van der Waals surface area (Å²) >= 11 is 5.59. The molecule has 0 spiro atoms. The van der Waals surface area contributed by atoms with Crippen molar-refractivity contribution < 1.29 is 4.92 Å². The first kappa shape index (κ1) is 16.7. The third kappa shape index (κ3) is 5.94. The van der Waals surface area contributed by atoms with Crippen molar-refractivity contribution in [3.8, 4) is 0 Å². The van der Waals surface area contributed by atoms with Gasteiger partial charge in [-0.3, -0.25) is 10.1 Å². The molecule has 0 fully saturated rings. The van der Waals surface area contributed by atoms with Gasteiger partial charge in [-0.15, -0.1) is 23.5 Å². The zero-order chi connectivity index (χ0) is 14.9. The largest absolute Gasteiger partial charge is 0.315 e. The van der Waals surface area contributed by atoms with E-state index in [1.54, 1.807) is 23.9 Å². The molecule has 1 aromatic carbocycles. The van der Waals surface area contributed by atoms with Crippen LogP contribution in [0, 0.1) is 10.1 Å². The van der Waals surface area contributed by atoms with E-state index in [0.717, 1.165) is 41.7 Å². The molecule has 1 heterocycles. The Kier molecular flexibility index (Phi) is 7.49. The van der Waals surface area contributed by atoms with Gasteiger partial charge in [0.25, 0.3) is 5.69 Å². The Morgan fingerprint density at radius 1 is 1.05 bits per heavy atom. The number of non-ortho nitro benzene ring substituents is 1. The summed E-state index contributed by atoms with van der Waals surface area (Å²) in [5, 5.41) is 16.3. The van der Waals surface area contributed by atoms with Crippen molar-refractivity contribution in [3.63, 3.8) is 0 Å². The normalized spacial score (nSPS) is 20.7. The molecule has 1 N–H and O–H groups in total. The quantitative estimate of drug-likeness (QED) is 0.653. The van der Waals surface area contributed by atoms with E-state index >= 15 is 0 Å². The van der Waals surface area contributed by atoms with Gasteiger partial charge in [0, 0.05) is 53.1 Å². The molecule has 0 bridgehead atoms. The number of nitrogens with one attached hydrogen (secondary N) is 1. The maximum atomic E-state index is 10.7. The average molecular weight is 343 g/mol. The van der Waals surface area contributed by atoms with E-state index < -0.39 is 0 Å². The Balaban J connectivity index is 2.06. The first-order valence-corrected chi connectivity index (χ1v) is 9.94. The van der Waals surface area contributed by atoms with Gasteiger partial charge in [0.15, 0.2) is 0 Å². The van der Waals surface area contributed by atoms with Crippen molar-refractivity contribution in [2.24, 2.45) is 0 Å². The average Bonchev–Trinajstić information content (AvgIpc) is 2.48. The van der Waals surface area contributed by atoms with Gasteiger partial charge >= 0.3 is 0 Å². The number of hydrogen-bond acceptors (Lipinski definition) is 6. The molecular weight excluding hydrogens is 324 g/mol. The highest BCUT2D eigenvalue weighted by molar-refractivity contribution is 8.11. The van der Waals surface area contributed by atoms with Gasteiger partial charge in [-0.25, -0.2) is 0 Å². The molecule has 0 radical (unpaired) electrons. The fourth-order valence-electron chi connectivity index (χ4n) is 1.78. The summed E-state index contributed by atoms with van der Waals surface area (Å²) in [5.74, 6) is 4.39. The van der Waals surface area contributed by atoms with Crippen molar-refractivity contribution in [3.05, 3.63) is 45.4 Å². The van der Waals surface area contributed by atoms with Crippen LogP contribution in [0.2, 0.25) is 0 Å². The van der Waals surface area contributed by atoms with Crippen LogP contribution in [0.3, 0.4) is 0 Å². The molecule has 0 aliphatic carbocycles. The Hall–Kier alpha value is -0.630. The summed E-state index contributed by atoms with van der Waals surface area (Å²) < 4.78 is 0. The monoisotopic (exact) mass is 342 g/mol. The van der Waals surface area contributed by atoms with Gasteiger partial charge in [-0.05, 0) is 23.1 Å². The molecule has 114 valence electrons. The molecule has 2 rings (SSSR count). The SMILES string of the molecule is O=[N+]([O-])c1ccc(/C2=C/SCCNCCSCCS2)cc1. The Morgan fingerprint density at radius 2 is 1.81 bits per heavy atom. The smallest absolute Gasteiger partial charge is 0.269 e. The number of thioether (sulfide) groups is 3. The Labute approximate surface area is 137 Å². The minimum absolute atomic E-state index is 0.143. The Bertz CT molecular complexity index is 491. The minimum Gasteiger partial charge on any atom is -0.315 e. The number of rotatable bonds is 2. The third-order valence-corrected chi connectivity index (χ3v) is 6.17. The lowest BCUT2D eigenvalue weighted by molar-refractivity contribution is -0.384. The van der Waals surface area contributed by atoms with Crippen LogP contribution < -0.4 is 5.32 Å².